The number of aromatic nitrogens is 2. The number of nitrogens with one attached hydrogen (secondary N) is 1. The average Bonchev–Trinajstić information content (AvgIpc) is 2.15. The van der Waals surface area contributed by atoms with E-state index in [1.54, 1.807) is 5.43 Å². The monoisotopic (exact) mass is 145 g/mol. The van der Waals surface area contributed by atoms with Crippen LogP contribution in [0.3, 0.4) is 0 Å². The van der Waals surface area contributed by atoms with Crippen molar-refractivity contribution in [3.63, 3.8) is 0 Å². The molecule has 0 aliphatic heterocycles. The van der Waals surface area contributed by atoms with Crippen molar-refractivity contribution in [2.75, 3.05) is 11.2 Å². The summed E-state index contributed by atoms with van der Waals surface area (Å²) in [5.41, 5.74) is 6.74. The SMILES string of the molecule is Nc1nonc1N[N+](=O)[O-]. The number of anilines is 2. The molecule has 8 nitrogen and oxygen atoms in total. The van der Waals surface area contributed by atoms with Gasteiger partial charge >= 0.3 is 0 Å². The molecule has 0 spiro atoms. The zero-order chi connectivity index (χ0) is 7.56. The van der Waals surface area contributed by atoms with E-state index in [2.05, 4.69) is 14.9 Å². The van der Waals surface area contributed by atoms with E-state index in [-0.39, 0.29) is 11.6 Å². The predicted molar refractivity (Wildman–Crippen MR) is 29.3 cm³/mol. The Balaban J connectivity index is 2.74. The van der Waals surface area contributed by atoms with Gasteiger partial charge in [-0.15, -0.1) is 0 Å². The van der Waals surface area contributed by atoms with Crippen molar-refractivity contribution in [3.05, 3.63) is 10.1 Å². The van der Waals surface area contributed by atoms with E-state index in [1.807, 2.05) is 0 Å². The molecule has 0 unspecified atom stereocenters. The lowest BCUT2D eigenvalue weighted by Crippen LogP contribution is -2.09. The van der Waals surface area contributed by atoms with E-state index in [1.165, 1.54) is 0 Å². The third kappa shape index (κ3) is 1.10. The standard InChI is InChI=1S/C2H3N5O3/c3-1-2(4-7(8)9)6-10-5-1/h(H2,3,5)(H,4,6). The zero-order valence-electron chi connectivity index (χ0n) is 4.64. The van der Waals surface area contributed by atoms with Gasteiger partial charge in [-0.1, -0.05) is 5.43 Å². The zero-order valence-corrected chi connectivity index (χ0v) is 4.64. The van der Waals surface area contributed by atoms with Crippen molar-refractivity contribution >= 4 is 11.6 Å². The van der Waals surface area contributed by atoms with E-state index < -0.39 is 5.03 Å². The van der Waals surface area contributed by atoms with E-state index in [0.29, 0.717) is 0 Å². The Morgan fingerprint density at radius 1 is 1.70 bits per heavy atom. The minimum Gasteiger partial charge on any atom is -0.378 e. The van der Waals surface area contributed by atoms with Crippen molar-refractivity contribution in [2.24, 2.45) is 0 Å². The van der Waals surface area contributed by atoms with Crippen LogP contribution in [0.1, 0.15) is 0 Å². The molecular formula is C2H3N5O3. The molecule has 0 amide bonds. The van der Waals surface area contributed by atoms with Crippen molar-refractivity contribution in [1.82, 2.24) is 10.3 Å². The topological polar surface area (TPSA) is 120 Å². The second kappa shape index (κ2) is 2.17. The smallest absolute Gasteiger partial charge is 0.277 e. The summed E-state index contributed by atoms with van der Waals surface area (Å²) in [6.07, 6.45) is 0. The fourth-order valence-electron chi connectivity index (χ4n) is 0.359. The van der Waals surface area contributed by atoms with Gasteiger partial charge in [0, 0.05) is 0 Å². The van der Waals surface area contributed by atoms with E-state index in [4.69, 9.17) is 5.73 Å². The Bertz CT molecular complexity index is 243. The molecule has 0 fully saturated rings. The second-order valence-corrected chi connectivity index (χ2v) is 1.37. The first-order valence-electron chi connectivity index (χ1n) is 2.19. The summed E-state index contributed by atoms with van der Waals surface area (Å²) < 4.78 is 4.05. The predicted octanol–water partition coefficient (Wildman–Crippen LogP) is -0.745. The second-order valence-electron chi connectivity index (χ2n) is 1.37. The molecule has 10 heavy (non-hydrogen) atoms. The van der Waals surface area contributed by atoms with E-state index >= 15 is 0 Å². The number of nitrogen functional groups attached to an aromatic ring is 1. The fraction of sp³-hybridized carbons (Fsp3) is 0. The summed E-state index contributed by atoms with van der Waals surface area (Å²) in [5.74, 6) is -0.332. The quantitative estimate of drug-likeness (QED) is 0.415. The molecule has 8 heteroatoms. The lowest BCUT2D eigenvalue weighted by atomic mass is 10.7. The Morgan fingerprint density at radius 2 is 2.40 bits per heavy atom. The highest BCUT2D eigenvalue weighted by Gasteiger charge is 2.09. The first-order valence-corrected chi connectivity index (χ1v) is 2.19. The Morgan fingerprint density at radius 3 is 2.80 bits per heavy atom. The number of nitrogens with two attached hydrogens (primary N) is 1. The van der Waals surface area contributed by atoms with Crippen LogP contribution in [0.2, 0.25) is 0 Å². The minimum absolute atomic E-state index is 0.142. The molecule has 0 aliphatic rings. The van der Waals surface area contributed by atoms with Crippen molar-refractivity contribution in [2.45, 2.75) is 0 Å². The Hall–Kier alpha value is -1.86. The maximum absolute atomic E-state index is 9.75. The molecule has 0 atom stereocenters. The molecule has 54 valence electrons. The van der Waals surface area contributed by atoms with Crippen LogP contribution >= 0.6 is 0 Å². The van der Waals surface area contributed by atoms with Crippen molar-refractivity contribution in [3.8, 4) is 0 Å². The third-order valence-corrected chi connectivity index (χ3v) is 0.711. The highest BCUT2D eigenvalue weighted by atomic mass is 16.7. The molecule has 1 rings (SSSR count). The molecule has 1 aromatic heterocycles. The van der Waals surface area contributed by atoms with Gasteiger partial charge in [-0.3, -0.25) is 0 Å². The van der Waals surface area contributed by atoms with Gasteiger partial charge in [0.1, 0.15) is 0 Å². The first-order chi connectivity index (χ1) is 4.70. The molecule has 0 saturated carbocycles. The van der Waals surface area contributed by atoms with Crippen LogP contribution in [0.4, 0.5) is 11.6 Å². The largest absolute Gasteiger partial charge is 0.378 e. The summed E-state index contributed by atoms with van der Waals surface area (Å²) >= 11 is 0. The average molecular weight is 145 g/mol. The number of nitro groups is 1. The maximum atomic E-state index is 9.75. The van der Waals surface area contributed by atoms with Gasteiger partial charge in [0.25, 0.3) is 5.82 Å². The van der Waals surface area contributed by atoms with Gasteiger partial charge in [0.2, 0.25) is 5.82 Å². The van der Waals surface area contributed by atoms with Crippen LogP contribution in [0.5, 0.6) is 0 Å². The lowest BCUT2D eigenvalue weighted by molar-refractivity contribution is -0.445. The Kier molecular flexibility index (Phi) is 1.36. The summed E-state index contributed by atoms with van der Waals surface area (Å²) in [7, 11) is 0. The summed E-state index contributed by atoms with van der Waals surface area (Å²) in [6.45, 7) is 0. The highest BCUT2D eigenvalue weighted by molar-refractivity contribution is 5.51. The number of nitrogens with zero attached hydrogens (tertiary/aromatic N) is 3. The number of hydrogen-bond acceptors (Lipinski definition) is 6. The van der Waals surface area contributed by atoms with Gasteiger partial charge < -0.3 is 5.73 Å². The molecule has 0 radical (unpaired) electrons. The van der Waals surface area contributed by atoms with Crippen LogP contribution in [0.25, 0.3) is 0 Å². The highest BCUT2D eigenvalue weighted by Crippen LogP contribution is 2.09. The fourth-order valence-corrected chi connectivity index (χ4v) is 0.359. The van der Waals surface area contributed by atoms with Crippen LogP contribution in [0, 0.1) is 10.1 Å². The third-order valence-electron chi connectivity index (χ3n) is 0.711. The van der Waals surface area contributed by atoms with Gasteiger partial charge in [-0.2, -0.15) is 0 Å². The molecule has 0 saturated heterocycles. The van der Waals surface area contributed by atoms with Gasteiger partial charge in [0.15, 0.2) is 5.03 Å². The van der Waals surface area contributed by atoms with Crippen molar-refractivity contribution in [1.29, 1.82) is 0 Å². The summed E-state index contributed by atoms with van der Waals surface area (Å²) in [4.78, 5) is 9.75. The van der Waals surface area contributed by atoms with Gasteiger partial charge in [-0.25, -0.2) is 14.7 Å². The summed E-state index contributed by atoms with van der Waals surface area (Å²) in [6, 6.07) is 0. The first kappa shape index (κ1) is 6.26. The van der Waals surface area contributed by atoms with Crippen LogP contribution in [-0.4, -0.2) is 15.3 Å². The number of hydrogen-bond donors (Lipinski definition) is 2. The number of hydrazine groups is 1. The van der Waals surface area contributed by atoms with Crippen LogP contribution in [0.15, 0.2) is 4.63 Å². The molecule has 0 aromatic carbocycles. The van der Waals surface area contributed by atoms with Crippen molar-refractivity contribution < 1.29 is 9.66 Å². The molecule has 0 aliphatic carbocycles. The normalized spacial score (nSPS) is 9.20. The summed E-state index contributed by atoms with van der Waals surface area (Å²) in [5, 5.41) is 15.1. The van der Waals surface area contributed by atoms with Gasteiger partial charge in [0.05, 0.1) is 0 Å². The van der Waals surface area contributed by atoms with E-state index in [0.717, 1.165) is 0 Å². The molecule has 0 bridgehead atoms. The molecule has 1 heterocycles. The number of rotatable bonds is 2. The van der Waals surface area contributed by atoms with Gasteiger partial charge in [-0.05, 0) is 10.3 Å². The Labute approximate surface area is 54.1 Å². The van der Waals surface area contributed by atoms with Crippen LogP contribution < -0.4 is 11.2 Å². The van der Waals surface area contributed by atoms with Crippen LogP contribution in [-0.2, 0) is 0 Å². The maximum Gasteiger partial charge on any atom is 0.277 e. The van der Waals surface area contributed by atoms with E-state index in [9.17, 15) is 10.1 Å². The molecule has 3 N–H and O–H groups in total. The lowest BCUT2D eigenvalue weighted by Gasteiger charge is -1.86. The minimum atomic E-state index is -0.810. The molecular weight excluding hydrogens is 142 g/mol. The molecule has 1 aromatic rings.